The number of thioether (sulfide) groups is 1. The standard InChI is InChI=1S/C23H28FN3O3S2/c1-26(2)13-14-27(20(28)6-5-15-31-17-9-7-16(24)8-10-17)23-25-21-18(29-3)11-12-19(30-4)22(21)32-23/h7-12H,5-6,13-15H2,1-4H3. The molecule has 3 aromatic rings. The highest BCUT2D eigenvalue weighted by Crippen LogP contribution is 2.40. The molecule has 0 fully saturated rings. The SMILES string of the molecule is COc1ccc(OC)c2sc(N(CCN(C)C)C(=O)CCCSc3ccc(F)cc3)nc12. The van der Waals surface area contributed by atoms with E-state index in [1.165, 1.54) is 23.5 Å². The van der Waals surface area contributed by atoms with Crippen molar-refractivity contribution in [3.63, 3.8) is 0 Å². The van der Waals surface area contributed by atoms with E-state index in [4.69, 9.17) is 14.5 Å². The highest BCUT2D eigenvalue weighted by atomic mass is 32.2. The molecule has 0 saturated carbocycles. The molecule has 0 aliphatic rings. The number of hydrogen-bond acceptors (Lipinski definition) is 7. The molecule has 0 unspecified atom stereocenters. The van der Waals surface area contributed by atoms with Gasteiger partial charge in [0.15, 0.2) is 5.13 Å². The third-order valence-electron chi connectivity index (χ3n) is 4.82. The highest BCUT2D eigenvalue weighted by molar-refractivity contribution is 7.99. The molecule has 32 heavy (non-hydrogen) atoms. The zero-order chi connectivity index (χ0) is 23.1. The fourth-order valence-electron chi connectivity index (χ4n) is 3.10. The lowest BCUT2D eigenvalue weighted by Gasteiger charge is -2.22. The monoisotopic (exact) mass is 477 g/mol. The Balaban J connectivity index is 1.73. The van der Waals surface area contributed by atoms with Crippen LogP contribution in [0.1, 0.15) is 12.8 Å². The Hall–Kier alpha value is -2.36. The van der Waals surface area contributed by atoms with Gasteiger partial charge in [-0.15, -0.1) is 11.8 Å². The Bertz CT molecular complexity index is 1000. The fourth-order valence-corrected chi connectivity index (χ4v) is 5.07. The maximum absolute atomic E-state index is 13.2. The predicted molar refractivity (Wildman–Crippen MR) is 130 cm³/mol. The van der Waals surface area contributed by atoms with Crippen molar-refractivity contribution in [2.24, 2.45) is 0 Å². The first-order chi connectivity index (χ1) is 15.4. The second-order valence-electron chi connectivity index (χ2n) is 7.40. The lowest BCUT2D eigenvalue weighted by molar-refractivity contribution is -0.118. The van der Waals surface area contributed by atoms with Crippen LogP contribution in [0.25, 0.3) is 10.2 Å². The number of ether oxygens (including phenoxy) is 2. The number of halogens is 1. The smallest absolute Gasteiger partial charge is 0.228 e. The van der Waals surface area contributed by atoms with Crippen molar-refractivity contribution in [3.8, 4) is 11.5 Å². The molecule has 0 radical (unpaired) electrons. The third-order valence-corrected chi connectivity index (χ3v) is 7.01. The van der Waals surface area contributed by atoms with Gasteiger partial charge in [-0.3, -0.25) is 9.69 Å². The van der Waals surface area contributed by atoms with E-state index in [0.717, 1.165) is 28.3 Å². The first-order valence-electron chi connectivity index (χ1n) is 10.3. The summed E-state index contributed by atoms with van der Waals surface area (Å²) in [4.78, 5) is 22.7. The van der Waals surface area contributed by atoms with Crippen LogP contribution in [0.3, 0.4) is 0 Å². The number of carbonyl (C=O) groups is 1. The second kappa shape index (κ2) is 11.5. The van der Waals surface area contributed by atoms with E-state index in [1.54, 1.807) is 43.0 Å². The normalized spacial score (nSPS) is 11.2. The number of methoxy groups -OCH3 is 2. The second-order valence-corrected chi connectivity index (χ2v) is 9.54. The molecule has 0 bridgehead atoms. The van der Waals surface area contributed by atoms with Crippen LogP contribution >= 0.6 is 23.1 Å². The number of likely N-dealkylation sites (N-methyl/N-ethyl adjacent to an activating group) is 1. The number of fused-ring (bicyclic) bond motifs is 1. The molecule has 1 amide bonds. The molecule has 0 N–H and O–H groups in total. The minimum atomic E-state index is -0.245. The average molecular weight is 478 g/mol. The van der Waals surface area contributed by atoms with Gasteiger partial charge in [-0.1, -0.05) is 11.3 Å². The summed E-state index contributed by atoms with van der Waals surface area (Å²) in [6.07, 6.45) is 1.13. The van der Waals surface area contributed by atoms with Crippen LogP contribution in [0.5, 0.6) is 11.5 Å². The van der Waals surface area contributed by atoms with E-state index in [2.05, 4.69) is 0 Å². The molecule has 1 heterocycles. The summed E-state index contributed by atoms with van der Waals surface area (Å²) in [5, 5.41) is 0.640. The molecule has 172 valence electrons. The summed E-state index contributed by atoms with van der Waals surface area (Å²) in [5.74, 6) is 1.92. The van der Waals surface area contributed by atoms with Crippen molar-refractivity contribution in [3.05, 3.63) is 42.2 Å². The fraction of sp³-hybridized carbons (Fsp3) is 0.391. The van der Waals surface area contributed by atoms with Gasteiger partial charge in [-0.2, -0.15) is 0 Å². The highest BCUT2D eigenvalue weighted by Gasteiger charge is 2.22. The Morgan fingerprint density at radius 1 is 1.06 bits per heavy atom. The van der Waals surface area contributed by atoms with Crippen LogP contribution in [0.15, 0.2) is 41.3 Å². The molecular formula is C23H28FN3O3S2. The lowest BCUT2D eigenvalue weighted by Crippen LogP contribution is -2.36. The molecule has 0 aliphatic heterocycles. The number of aromatic nitrogens is 1. The van der Waals surface area contributed by atoms with Crippen molar-refractivity contribution in [1.29, 1.82) is 0 Å². The number of nitrogens with zero attached hydrogens (tertiary/aromatic N) is 3. The number of thiazole rings is 1. The van der Waals surface area contributed by atoms with Crippen LogP contribution in [-0.4, -0.2) is 62.9 Å². The van der Waals surface area contributed by atoms with Gasteiger partial charge in [-0.25, -0.2) is 9.37 Å². The predicted octanol–water partition coefficient (Wildman–Crippen LogP) is 4.92. The molecule has 1 aromatic heterocycles. The van der Waals surface area contributed by atoms with Gasteiger partial charge in [0, 0.05) is 24.4 Å². The lowest BCUT2D eigenvalue weighted by atomic mass is 10.3. The Morgan fingerprint density at radius 2 is 1.75 bits per heavy atom. The summed E-state index contributed by atoms with van der Waals surface area (Å²) in [6.45, 7) is 1.27. The number of anilines is 1. The topological polar surface area (TPSA) is 54.9 Å². The van der Waals surface area contributed by atoms with Crippen molar-refractivity contribution in [2.45, 2.75) is 17.7 Å². The Morgan fingerprint density at radius 3 is 2.41 bits per heavy atom. The quantitative estimate of drug-likeness (QED) is 0.289. The molecule has 0 atom stereocenters. The molecule has 9 heteroatoms. The molecule has 0 aliphatic carbocycles. The molecule has 3 rings (SSSR count). The van der Waals surface area contributed by atoms with Crippen LogP contribution in [0.4, 0.5) is 9.52 Å². The van der Waals surface area contributed by atoms with Gasteiger partial charge in [-0.05, 0) is 62.7 Å². The molecule has 0 spiro atoms. The Kier molecular flexibility index (Phi) is 8.72. The van der Waals surface area contributed by atoms with Crippen molar-refractivity contribution in [2.75, 3.05) is 52.1 Å². The van der Waals surface area contributed by atoms with Gasteiger partial charge in [0.05, 0.1) is 14.2 Å². The zero-order valence-corrected chi connectivity index (χ0v) is 20.4. The molecule has 2 aromatic carbocycles. The third kappa shape index (κ3) is 6.11. The van der Waals surface area contributed by atoms with E-state index in [9.17, 15) is 9.18 Å². The van der Waals surface area contributed by atoms with Gasteiger partial charge in [0.25, 0.3) is 0 Å². The van der Waals surface area contributed by atoms with Crippen LogP contribution in [0, 0.1) is 5.82 Å². The number of benzene rings is 2. The maximum Gasteiger partial charge on any atom is 0.228 e. The van der Waals surface area contributed by atoms with E-state index in [-0.39, 0.29) is 11.7 Å². The van der Waals surface area contributed by atoms with Gasteiger partial charge < -0.3 is 14.4 Å². The Labute approximate surface area is 196 Å². The largest absolute Gasteiger partial charge is 0.495 e. The average Bonchev–Trinajstić information content (AvgIpc) is 3.22. The number of hydrogen-bond donors (Lipinski definition) is 0. The summed E-state index contributed by atoms with van der Waals surface area (Å²) in [5.41, 5.74) is 0.696. The van der Waals surface area contributed by atoms with Crippen molar-refractivity contribution < 1.29 is 18.7 Å². The zero-order valence-electron chi connectivity index (χ0n) is 18.8. The first-order valence-corrected chi connectivity index (χ1v) is 12.1. The summed E-state index contributed by atoms with van der Waals surface area (Å²) < 4.78 is 24.8. The van der Waals surface area contributed by atoms with Crippen molar-refractivity contribution >= 4 is 44.4 Å². The van der Waals surface area contributed by atoms with Crippen LogP contribution < -0.4 is 14.4 Å². The number of amides is 1. The minimum absolute atomic E-state index is 0.0311. The summed E-state index contributed by atoms with van der Waals surface area (Å²) in [7, 11) is 7.18. The molecule has 6 nitrogen and oxygen atoms in total. The van der Waals surface area contributed by atoms with E-state index >= 15 is 0 Å². The van der Waals surface area contributed by atoms with E-state index in [1.807, 2.05) is 31.1 Å². The molecular weight excluding hydrogens is 449 g/mol. The minimum Gasteiger partial charge on any atom is -0.495 e. The van der Waals surface area contributed by atoms with Gasteiger partial charge in [0.2, 0.25) is 5.91 Å². The van der Waals surface area contributed by atoms with Gasteiger partial charge in [0.1, 0.15) is 27.5 Å². The van der Waals surface area contributed by atoms with E-state index < -0.39 is 0 Å². The van der Waals surface area contributed by atoms with Crippen LogP contribution in [-0.2, 0) is 4.79 Å². The summed E-state index contributed by atoms with van der Waals surface area (Å²) in [6, 6.07) is 10.1. The number of carbonyl (C=O) groups excluding carboxylic acids is 1. The first kappa shape index (κ1) is 24.3. The molecule has 0 saturated heterocycles. The number of rotatable bonds is 11. The van der Waals surface area contributed by atoms with Gasteiger partial charge >= 0.3 is 0 Å². The summed E-state index contributed by atoms with van der Waals surface area (Å²) >= 11 is 3.05. The van der Waals surface area contributed by atoms with E-state index in [0.29, 0.717) is 35.1 Å². The van der Waals surface area contributed by atoms with Crippen molar-refractivity contribution in [1.82, 2.24) is 9.88 Å². The maximum atomic E-state index is 13.2. The van der Waals surface area contributed by atoms with Crippen LogP contribution in [0.2, 0.25) is 0 Å².